The summed E-state index contributed by atoms with van der Waals surface area (Å²) >= 11 is 0. The van der Waals surface area contributed by atoms with E-state index >= 15 is 0 Å². The molecule has 1 aromatic rings. The second-order valence-electron chi connectivity index (χ2n) is 7.90. The van der Waals surface area contributed by atoms with Gasteiger partial charge in [0.05, 0.1) is 64.0 Å². The lowest BCUT2D eigenvalue weighted by atomic mass is 10.1. The Kier molecular flexibility index (Phi) is 11.9. The molecule has 0 saturated carbocycles. The van der Waals surface area contributed by atoms with Crippen molar-refractivity contribution in [1.82, 2.24) is 9.80 Å². The third kappa shape index (κ3) is 9.07. The van der Waals surface area contributed by atoms with Crippen LogP contribution in [-0.4, -0.2) is 115 Å². The molecule has 3 aliphatic rings. The fourth-order valence-corrected chi connectivity index (χ4v) is 3.63. The number of rotatable bonds is 0. The average Bonchev–Trinajstić information content (AvgIpc) is 2.85. The Morgan fingerprint density at radius 3 is 1.15 bits per heavy atom. The van der Waals surface area contributed by atoms with Gasteiger partial charge >= 0.3 is 0 Å². The number of ether oxygens (including phenoxy) is 6. The van der Waals surface area contributed by atoms with Gasteiger partial charge < -0.3 is 28.4 Å². The summed E-state index contributed by atoms with van der Waals surface area (Å²) in [6.07, 6.45) is 0. The van der Waals surface area contributed by atoms with Crippen molar-refractivity contribution in [2.75, 3.05) is 105 Å². The van der Waals surface area contributed by atoms with E-state index in [1.165, 1.54) is 0 Å². The zero-order valence-corrected chi connectivity index (χ0v) is 19.7. The Bertz CT molecular complexity index is 738. The molecule has 34 heavy (non-hydrogen) atoms. The van der Waals surface area contributed by atoms with Crippen molar-refractivity contribution in [3.05, 3.63) is 23.3 Å². The van der Waals surface area contributed by atoms with Crippen molar-refractivity contribution in [3.8, 4) is 23.6 Å². The molecule has 0 spiro atoms. The normalized spacial score (nSPS) is 24.3. The molecule has 2 bridgehead atoms. The average molecular weight is 475 g/mol. The maximum absolute atomic E-state index is 9.43. The van der Waals surface area contributed by atoms with Crippen LogP contribution in [0.2, 0.25) is 0 Å². The van der Waals surface area contributed by atoms with E-state index in [9.17, 15) is 10.5 Å². The molecule has 0 N–H and O–H groups in total. The first-order valence-corrected chi connectivity index (χ1v) is 11.8. The minimum Gasteiger partial charge on any atom is -0.488 e. The highest BCUT2D eigenvalue weighted by molar-refractivity contribution is 5.56. The summed E-state index contributed by atoms with van der Waals surface area (Å²) in [4.78, 5) is 4.42. The monoisotopic (exact) mass is 474 g/mol. The molecule has 0 radical (unpaired) electrons. The van der Waals surface area contributed by atoms with E-state index in [0.29, 0.717) is 90.7 Å². The fourth-order valence-electron chi connectivity index (χ4n) is 3.63. The fraction of sp³-hybridized carbons (Fsp3) is 0.667. The molecule has 1 saturated heterocycles. The maximum Gasteiger partial charge on any atom is 0.162 e. The molecule has 10 heteroatoms. The third-order valence-corrected chi connectivity index (χ3v) is 5.61. The van der Waals surface area contributed by atoms with Crippen molar-refractivity contribution in [1.29, 1.82) is 10.5 Å². The number of hydrogen-bond donors (Lipinski definition) is 0. The van der Waals surface area contributed by atoms with Gasteiger partial charge in [0.25, 0.3) is 0 Å². The summed E-state index contributed by atoms with van der Waals surface area (Å²) in [5.74, 6) is 0.923. The van der Waals surface area contributed by atoms with Gasteiger partial charge in [-0.05, 0) is 0 Å². The highest BCUT2D eigenvalue weighted by Gasteiger charge is 2.15. The van der Waals surface area contributed by atoms with Crippen molar-refractivity contribution >= 4 is 0 Å². The van der Waals surface area contributed by atoms with Gasteiger partial charge in [0.2, 0.25) is 0 Å². The van der Waals surface area contributed by atoms with Gasteiger partial charge in [0.15, 0.2) is 11.5 Å². The summed E-state index contributed by atoms with van der Waals surface area (Å²) < 4.78 is 35.0. The first-order chi connectivity index (χ1) is 16.8. The summed E-state index contributed by atoms with van der Waals surface area (Å²) in [5.41, 5.74) is 0.535. The lowest BCUT2D eigenvalue weighted by molar-refractivity contribution is 0.00506. The van der Waals surface area contributed by atoms with E-state index in [4.69, 9.17) is 28.4 Å². The first-order valence-electron chi connectivity index (χ1n) is 11.8. The maximum atomic E-state index is 9.43. The van der Waals surface area contributed by atoms with Gasteiger partial charge in [0.1, 0.15) is 25.4 Å². The predicted octanol–water partition coefficient (Wildman–Crippen LogP) is 0.885. The van der Waals surface area contributed by atoms with Gasteiger partial charge in [-0.15, -0.1) is 0 Å². The molecule has 186 valence electrons. The van der Waals surface area contributed by atoms with E-state index in [1.54, 1.807) is 12.1 Å². The molecular weight excluding hydrogens is 440 g/mol. The molecule has 4 rings (SSSR count). The van der Waals surface area contributed by atoms with E-state index < -0.39 is 0 Å². The minimum atomic E-state index is 0.267. The Hall–Kier alpha value is -2.44. The number of nitriles is 2. The minimum absolute atomic E-state index is 0.267. The third-order valence-electron chi connectivity index (χ3n) is 5.61. The van der Waals surface area contributed by atoms with Crippen LogP contribution in [0.1, 0.15) is 11.1 Å². The highest BCUT2D eigenvalue weighted by Crippen LogP contribution is 2.31. The number of hydrogen-bond acceptors (Lipinski definition) is 10. The molecule has 10 nitrogen and oxygen atoms in total. The van der Waals surface area contributed by atoms with Crippen molar-refractivity contribution in [2.24, 2.45) is 0 Å². The van der Waals surface area contributed by atoms with Gasteiger partial charge in [0, 0.05) is 51.4 Å². The van der Waals surface area contributed by atoms with Gasteiger partial charge in [-0.25, -0.2) is 0 Å². The van der Waals surface area contributed by atoms with Crippen molar-refractivity contribution in [3.63, 3.8) is 0 Å². The molecular formula is C24H34N4O6. The van der Waals surface area contributed by atoms with Crippen LogP contribution in [0.15, 0.2) is 12.1 Å². The molecule has 0 unspecified atom stereocenters. The van der Waals surface area contributed by atoms with Crippen LogP contribution < -0.4 is 9.47 Å². The highest BCUT2D eigenvalue weighted by atomic mass is 16.5. The summed E-state index contributed by atoms with van der Waals surface area (Å²) in [5, 5.41) is 18.9. The van der Waals surface area contributed by atoms with Crippen LogP contribution in [0.5, 0.6) is 11.5 Å². The van der Waals surface area contributed by atoms with Gasteiger partial charge in [-0.1, -0.05) is 0 Å². The first kappa shape index (κ1) is 26.2. The zero-order valence-electron chi connectivity index (χ0n) is 19.7. The molecule has 0 amide bonds. The van der Waals surface area contributed by atoms with E-state index in [0.717, 1.165) is 26.2 Å². The van der Waals surface area contributed by atoms with Crippen molar-refractivity contribution < 1.29 is 28.4 Å². The summed E-state index contributed by atoms with van der Waals surface area (Å²) in [6.45, 7) is 9.58. The molecule has 0 atom stereocenters. The second kappa shape index (κ2) is 15.5. The number of benzene rings is 1. The molecule has 0 aromatic heterocycles. The van der Waals surface area contributed by atoms with Crippen LogP contribution >= 0.6 is 0 Å². The summed E-state index contributed by atoms with van der Waals surface area (Å²) in [6, 6.07) is 7.30. The Labute approximate surface area is 201 Å². The SMILES string of the molecule is N#Cc1cc2c(cc1C#N)OCCN1CCOCCOCCN(CCOCCOCC1)CCO2. The molecule has 3 heterocycles. The van der Waals surface area contributed by atoms with E-state index in [2.05, 4.69) is 21.9 Å². The Morgan fingerprint density at radius 2 is 0.824 bits per heavy atom. The quantitative estimate of drug-likeness (QED) is 0.538. The molecule has 1 aromatic carbocycles. The number of nitrogens with zero attached hydrogens (tertiary/aromatic N) is 4. The predicted molar refractivity (Wildman–Crippen MR) is 123 cm³/mol. The van der Waals surface area contributed by atoms with Crippen LogP contribution in [0.25, 0.3) is 0 Å². The van der Waals surface area contributed by atoms with E-state index in [-0.39, 0.29) is 11.1 Å². The Balaban J connectivity index is 1.80. The van der Waals surface area contributed by atoms with Crippen LogP contribution in [0, 0.1) is 22.7 Å². The Morgan fingerprint density at radius 1 is 0.500 bits per heavy atom. The van der Waals surface area contributed by atoms with Crippen LogP contribution in [0.3, 0.4) is 0 Å². The lowest BCUT2D eigenvalue weighted by Gasteiger charge is -2.25. The number of fused-ring (bicyclic) bond motifs is 18. The zero-order chi connectivity index (χ0) is 23.8. The summed E-state index contributed by atoms with van der Waals surface area (Å²) in [7, 11) is 0. The topological polar surface area (TPSA) is 109 Å². The molecule has 3 aliphatic heterocycles. The van der Waals surface area contributed by atoms with E-state index in [1.807, 2.05) is 0 Å². The molecule has 1 fully saturated rings. The standard InChI is InChI=1S/C24H34N4O6/c25-19-21-17-23-24(18-22(21)20-26)34-12-6-28-3-9-31-14-13-29-7-1-27(5-11-33-23)2-8-30-15-16-32-10-4-28/h17-18H,1-16H2. The van der Waals surface area contributed by atoms with Crippen LogP contribution in [0.4, 0.5) is 0 Å². The van der Waals surface area contributed by atoms with Gasteiger partial charge in [-0.2, -0.15) is 10.5 Å². The smallest absolute Gasteiger partial charge is 0.162 e. The largest absolute Gasteiger partial charge is 0.488 e. The van der Waals surface area contributed by atoms with Crippen molar-refractivity contribution in [2.45, 2.75) is 0 Å². The molecule has 0 aliphatic carbocycles. The van der Waals surface area contributed by atoms with Gasteiger partial charge in [-0.3, -0.25) is 9.80 Å². The van der Waals surface area contributed by atoms with Crippen LogP contribution in [-0.2, 0) is 18.9 Å². The lowest BCUT2D eigenvalue weighted by Crippen LogP contribution is -2.36. The second-order valence-corrected chi connectivity index (χ2v) is 7.90.